The van der Waals surface area contributed by atoms with Crippen LogP contribution in [0.1, 0.15) is 52.4 Å². The van der Waals surface area contributed by atoms with Crippen molar-refractivity contribution in [2.24, 2.45) is 0 Å². The first-order valence-electron chi connectivity index (χ1n) is 11.6. The van der Waals surface area contributed by atoms with Gasteiger partial charge in [-0.25, -0.2) is 23.7 Å². The fraction of sp³-hybridized carbons (Fsp3) is 0.440. The van der Waals surface area contributed by atoms with Crippen LogP contribution in [0.4, 0.5) is 8.78 Å². The van der Waals surface area contributed by atoms with Crippen LogP contribution >= 0.6 is 11.3 Å². The summed E-state index contributed by atoms with van der Waals surface area (Å²) in [5.41, 5.74) is 2.07. The van der Waals surface area contributed by atoms with Gasteiger partial charge in [0, 0.05) is 53.2 Å². The summed E-state index contributed by atoms with van der Waals surface area (Å²) in [6.07, 6.45) is 4.08. The van der Waals surface area contributed by atoms with E-state index < -0.39 is 6.43 Å². The summed E-state index contributed by atoms with van der Waals surface area (Å²) in [6.45, 7) is 6.58. The number of carbonyl (C=O) groups is 1. The molecule has 2 aromatic heterocycles. The zero-order valence-electron chi connectivity index (χ0n) is 20.0. The number of benzene rings is 1. The molecule has 1 N–H and O–H groups in total. The van der Waals surface area contributed by atoms with Gasteiger partial charge in [0.05, 0.1) is 12.6 Å². The van der Waals surface area contributed by atoms with Crippen molar-refractivity contribution < 1.29 is 18.3 Å². The maximum absolute atomic E-state index is 13.2. The molecule has 0 radical (unpaired) electrons. The summed E-state index contributed by atoms with van der Waals surface area (Å²) in [4.78, 5) is 28.9. The minimum absolute atomic E-state index is 0.100. The summed E-state index contributed by atoms with van der Waals surface area (Å²) in [5, 5.41) is 3.80. The van der Waals surface area contributed by atoms with Crippen LogP contribution in [0.5, 0.6) is 5.75 Å². The molecule has 1 saturated heterocycles. The van der Waals surface area contributed by atoms with Gasteiger partial charge in [-0.2, -0.15) is 0 Å². The fourth-order valence-electron chi connectivity index (χ4n) is 4.00. The molecule has 0 aliphatic carbocycles. The second-order valence-corrected chi connectivity index (χ2v) is 10.0. The highest BCUT2D eigenvalue weighted by atomic mass is 32.1. The quantitative estimate of drug-likeness (QED) is 0.477. The topological polar surface area (TPSA) is 80.2 Å². The summed E-state index contributed by atoms with van der Waals surface area (Å²) < 4.78 is 31.6. The molecule has 3 aromatic rings. The van der Waals surface area contributed by atoms with E-state index in [1.807, 2.05) is 32.9 Å². The van der Waals surface area contributed by atoms with Crippen molar-refractivity contribution in [2.45, 2.75) is 52.2 Å². The molecule has 7 nitrogen and oxygen atoms in total. The highest BCUT2D eigenvalue weighted by Crippen LogP contribution is 2.31. The van der Waals surface area contributed by atoms with Crippen LogP contribution in [0.15, 0.2) is 36.8 Å². The van der Waals surface area contributed by atoms with E-state index in [1.54, 1.807) is 40.9 Å². The van der Waals surface area contributed by atoms with Crippen molar-refractivity contribution in [1.82, 2.24) is 25.2 Å². The number of aromatic nitrogens is 3. The minimum Gasteiger partial charge on any atom is -0.490 e. The number of alkyl halides is 2. The lowest BCUT2D eigenvalue weighted by Crippen LogP contribution is -2.40. The Morgan fingerprint density at radius 1 is 1.14 bits per heavy atom. The predicted molar refractivity (Wildman–Crippen MR) is 131 cm³/mol. The molecule has 0 unspecified atom stereocenters. The Bertz CT molecular complexity index is 1150. The summed E-state index contributed by atoms with van der Waals surface area (Å²) >= 11 is 1.54. The number of rotatable bonds is 8. The Morgan fingerprint density at radius 3 is 2.49 bits per heavy atom. The summed E-state index contributed by atoms with van der Waals surface area (Å²) in [6, 6.07) is 5.14. The molecule has 1 atom stereocenters. The first-order valence-corrected chi connectivity index (χ1v) is 12.4. The molecule has 4 rings (SSSR count). The smallest absolute Gasteiger partial charge is 0.251 e. The second-order valence-electron chi connectivity index (χ2n) is 8.79. The van der Waals surface area contributed by atoms with E-state index in [0.717, 1.165) is 21.0 Å². The standard InChI is InChI=1S/C25H29F2N5O2S/c1-15-11-30-25(35-15)19-8-18(24(33)31-16(2)20-12-28-17(3)29-13-20)9-22(10-19)34-21-4-6-32(7-5-21)14-23(26)27/h8-13,16,21,23H,4-7,14H2,1-3H3,(H,31,33)/t16-/m1/s1. The lowest BCUT2D eigenvalue weighted by molar-refractivity contribution is 0.0478. The minimum atomic E-state index is -2.33. The largest absolute Gasteiger partial charge is 0.490 e. The number of likely N-dealkylation sites (tertiary alicyclic amines) is 1. The van der Waals surface area contributed by atoms with E-state index in [9.17, 15) is 13.6 Å². The molecule has 1 aromatic carbocycles. The van der Waals surface area contributed by atoms with E-state index >= 15 is 0 Å². The Morgan fingerprint density at radius 2 is 1.86 bits per heavy atom. The predicted octanol–water partition coefficient (Wildman–Crippen LogP) is 4.82. The van der Waals surface area contributed by atoms with Crippen molar-refractivity contribution in [3.05, 3.63) is 58.6 Å². The zero-order valence-corrected chi connectivity index (χ0v) is 20.8. The van der Waals surface area contributed by atoms with Gasteiger partial charge >= 0.3 is 0 Å². The number of carbonyl (C=O) groups excluding carboxylic acids is 1. The molecule has 1 amide bonds. The normalized spacial score (nSPS) is 15.8. The van der Waals surface area contributed by atoms with Crippen molar-refractivity contribution in [1.29, 1.82) is 0 Å². The maximum Gasteiger partial charge on any atom is 0.251 e. The number of hydrogen-bond acceptors (Lipinski definition) is 7. The van der Waals surface area contributed by atoms with Gasteiger partial charge in [0.25, 0.3) is 12.3 Å². The molecule has 10 heteroatoms. The molecular weight excluding hydrogens is 472 g/mol. The Kier molecular flexibility index (Phi) is 8.02. The van der Waals surface area contributed by atoms with Gasteiger partial charge in [-0.3, -0.25) is 9.69 Å². The fourth-order valence-corrected chi connectivity index (χ4v) is 4.75. The van der Waals surface area contributed by atoms with Gasteiger partial charge in [0.1, 0.15) is 22.7 Å². The Balaban J connectivity index is 1.52. The average Bonchev–Trinajstić information content (AvgIpc) is 3.26. The SMILES string of the molecule is Cc1ncc([C@@H](C)NC(=O)c2cc(OC3CCN(CC(F)F)CC3)cc(-c3ncc(C)s3)c2)cn1. The molecule has 35 heavy (non-hydrogen) atoms. The third kappa shape index (κ3) is 6.79. The van der Waals surface area contributed by atoms with E-state index in [1.165, 1.54) is 0 Å². The number of ether oxygens (including phenoxy) is 1. The van der Waals surface area contributed by atoms with Crippen molar-refractivity contribution in [2.75, 3.05) is 19.6 Å². The van der Waals surface area contributed by atoms with Crippen LogP contribution in [-0.4, -0.2) is 57.9 Å². The molecule has 0 bridgehead atoms. The van der Waals surface area contributed by atoms with Crippen molar-refractivity contribution in [3.8, 4) is 16.3 Å². The third-order valence-electron chi connectivity index (χ3n) is 5.92. The first kappa shape index (κ1) is 25.1. The van der Waals surface area contributed by atoms with Gasteiger partial charge in [0.15, 0.2) is 0 Å². The van der Waals surface area contributed by atoms with Crippen LogP contribution in [-0.2, 0) is 0 Å². The first-order chi connectivity index (χ1) is 16.8. The number of nitrogens with one attached hydrogen (secondary N) is 1. The molecule has 186 valence electrons. The number of nitrogens with zero attached hydrogens (tertiary/aromatic N) is 4. The maximum atomic E-state index is 13.2. The van der Waals surface area contributed by atoms with Gasteiger partial charge in [0.2, 0.25) is 0 Å². The van der Waals surface area contributed by atoms with Crippen LogP contribution < -0.4 is 10.1 Å². The number of piperidine rings is 1. The van der Waals surface area contributed by atoms with Crippen LogP contribution in [0.25, 0.3) is 10.6 Å². The molecule has 3 heterocycles. The number of amides is 1. The Hall–Kier alpha value is -2.98. The molecular formula is C25H29F2N5O2S. The van der Waals surface area contributed by atoms with Gasteiger partial charge in [-0.05, 0) is 51.8 Å². The van der Waals surface area contributed by atoms with Gasteiger partial charge in [-0.1, -0.05) is 0 Å². The van der Waals surface area contributed by atoms with E-state index in [4.69, 9.17) is 4.74 Å². The van der Waals surface area contributed by atoms with Crippen molar-refractivity contribution in [3.63, 3.8) is 0 Å². The monoisotopic (exact) mass is 501 g/mol. The van der Waals surface area contributed by atoms with Gasteiger partial charge < -0.3 is 10.1 Å². The Labute approximate surface area is 207 Å². The van der Waals surface area contributed by atoms with Crippen LogP contribution in [0, 0.1) is 13.8 Å². The number of halogens is 2. The summed E-state index contributed by atoms with van der Waals surface area (Å²) in [5.74, 6) is 0.990. The molecule has 1 aliphatic rings. The molecule has 1 aliphatic heterocycles. The van der Waals surface area contributed by atoms with Crippen LogP contribution in [0.2, 0.25) is 0 Å². The highest BCUT2D eigenvalue weighted by Gasteiger charge is 2.23. The average molecular weight is 502 g/mol. The second kappa shape index (κ2) is 11.2. The van der Waals surface area contributed by atoms with Crippen LogP contribution in [0.3, 0.4) is 0 Å². The number of hydrogen-bond donors (Lipinski definition) is 1. The van der Waals surface area contributed by atoms with Crippen molar-refractivity contribution >= 4 is 17.2 Å². The lowest BCUT2D eigenvalue weighted by Gasteiger charge is -2.32. The molecule has 0 saturated carbocycles. The zero-order chi connectivity index (χ0) is 24.9. The van der Waals surface area contributed by atoms with Gasteiger partial charge in [-0.15, -0.1) is 11.3 Å². The lowest BCUT2D eigenvalue weighted by atomic mass is 10.1. The third-order valence-corrected chi connectivity index (χ3v) is 6.88. The number of thiazole rings is 1. The molecule has 0 spiro atoms. The summed E-state index contributed by atoms with van der Waals surface area (Å²) in [7, 11) is 0. The van der Waals surface area contributed by atoms with E-state index in [-0.39, 0.29) is 24.6 Å². The highest BCUT2D eigenvalue weighted by molar-refractivity contribution is 7.14. The molecule has 1 fully saturated rings. The number of aryl methyl sites for hydroxylation is 2. The van der Waals surface area contributed by atoms with E-state index in [2.05, 4.69) is 20.3 Å². The van der Waals surface area contributed by atoms with E-state index in [0.29, 0.717) is 43.1 Å².